The van der Waals surface area contributed by atoms with Gasteiger partial charge in [0.2, 0.25) is 0 Å². The van der Waals surface area contributed by atoms with Gasteiger partial charge >= 0.3 is 0 Å². The fourth-order valence-corrected chi connectivity index (χ4v) is 2.78. The Morgan fingerprint density at radius 3 is 2.38 bits per heavy atom. The molecule has 0 bridgehead atoms. The van der Waals surface area contributed by atoms with Crippen LogP contribution in [0.25, 0.3) is 0 Å². The SMILES string of the molecule is CN(C)CCN(Cc1cccc(F)c1)C(=O)c1ccc(F)cc1Br. The van der Waals surface area contributed by atoms with Gasteiger partial charge < -0.3 is 9.80 Å². The molecule has 0 aliphatic heterocycles. The van der Waals surface area contributed by atoms with E-state index in [9.17, 15) is 13.6 Å². The third-order valence-corrected chi connectivity index (χ3v) is 4.18. The Bertz CT molecular complexity index is 722. The van der Waals surface area contributed by atoms with Gasteiger partial charge in [-0.1, -0.05) is 12.1 Å². The summed E-state index contributed by atoms with van der Waals surface area (Å²) in [6, 6.07) is 10.1. The molecule has 6 heteroatoms. The van der Waals surface area contributed by atoms with Crippen molar-refractivity contribution in [2.24, 2.45) is 0 Å². The lowest BCUT2D eigenvalue weighted by Gasteiger charge is -2.25. The first-order chi connectivity index (χ1) is 11.4. The zero-order valence-electron chi connectivity index (χ0n) is 13.6. The van der Waals surface area contributed by atoms with Crippen LogP contribution in [0, 0.1) is 11.6 Å². The maximum absolute atomic E-state index is 13.4. The summed E-state index contributed by atoms with van der Waals surface area (Å²) in [6.45, 7) is 1.43. The highest BCUT2D eigenvalue weighted by atomic mass is 79.9. The molecule has 0 N–H and O–H groups in total. The minimum atomic E-state index is -0.414. The Morgan fingerprint density at radius 2 is 1.75 bits per heavy atom. The summed E-state index contributed by atoms with van der Waals surface area (Å²) < 4.78 is 27.1. The van der Waals surface area contributed by atoms with Gasteiger partial charge in [0.15, 0.2) is 0 Å². The van der Waals surface area contributed by atoms with Crippen molar-refractivity contribution in [2.75, 3.05) is 27.2 Å². The highest BCUT2D eigenvalue weighted by molar-refractivity contribution is 9.10. The predicted molar refractivity (Wildman–Crippen MR) is 93.8 cm³/mol. The van der Waals surface area contributed by atoms with Crippen LogP contribution < -0.4 is 0 Å². The average molecular weight is 397 g/mol. The van der Waals surface area contributed by atoms with Crippen molar-refractivity contribution in [1.29, 1.82) is 0 Å². The Balaban J connectivity index is 2.25. The standard InChI is InChI=1S/C18H19BrF2N2O/c1-22(2)8-9-23(12-13-4-3-5-14(20)10-13)18(24)16-7-6-15(21)11-17(16)19/h3-7,10-11H,8-9,12H2,1-2H3. The lowest BCUT2D eigenvalue weighted by Crippen LogP contribution is -2.36. The number of carbonyl (C=O) groups is 1. The van der Waals surface area contributed by atoms with Crippen LogP contribution in [0.3, 0.4) is 0 Å². The maximum Gasteiger partial charge on any atom is 0.255 e. The predicted octanol–water partition coefficient (Wildman–Crippen LogP) is 3.93. The van der Waals surface area contributed by atoms with Crippen LogP contribution >= 0.6 is 15.9 Å². The second kappa shape index (κ2) is 8.35. The summed E-state index contributed by atoms with van der Waals surface area (Å²) in [6.07, 6.45) is 0. The first-order valence-corrected chi connectivity index (χ1v) is 8.29. The number of likely N-dealkylation sites (N-methyl/N-ethyl adjacent to an activating group) is 1. The molecule has 2 aromatic rings. The first-order valence-electron chi connectivity index (χ1n) is 7.50. The van der Waals surface area contributed by atoms with Crippen molar-refractivity contribution in [3.05, 3.63) is 69.7 Å². The number of amides is 1. The van der Waals surface area contributed by atoms with E-state index in [2.05, 4.69) is 15.9 Å². The fraction of sp³-hybridized carbons (Fsp3) is 0.278. The quantitative estimate of drug-likeness (QED) is 0.738. The van der Waals surface area contributed by atoms with Gasteiger partial charge in [-0.2, -0.15) is 0 Å². The monoisotopic (exact) mass is 396 g/mol. The van der Waals surface area contributed by atoms with Gasteiger partial charge in [-0.15, -0.1) is 0 Å². The lowest BCUT2D eigenvalue weighted by molar-refractivity contribution is 0.0731. The summed E-state index contributed by atoms with van der Waals surface area (Å²) >= 11 is 3.24. The van der Waals surface area contributed by atoms with Gasteiger partial charge in [-0.05, 0) is 65.9 Å². The van der Waals surface area contributed by atoms with Crippen LogP contribution in [0.15, 0.2) is 46.9 Å². The summed E-state index contributed by atoms with van der Waals surface area (Å²) in [5, 5.41) is 0. The molecule has 3 nitrogen and oxygen atoms in total. The van der Waals surface area contributed by atoms with Crippen molar-refractivity contribution in [3.8, 4) is 0 Å². The zero-order valence-corrected chi connectivity index (χ0v) is 15.2. The van der Waals surface area contributed by atoms with Gasteiger partial charge in [0.1, 0.15) is 11.6 Å². The summed E-state index contributed by atoms with van der Waals surface area (Å²) in [5.74, 6) is -0.980. The van der Waals surface area contributed by atoms with E-state index < -0.39 is 5.82 Å². The van der Waals surface area contributed by atoms with Crippen LogP contribution in [0.5, 0.6) is 0 Å². The molecule has 0 saturated carbocycles. The van der Waals surface area contributed by atoms with Crippen molar-refractivity contribution < 1.29 is 13.6 Å². The Morgan fingerprint density at radius 1 is 1.04 bits per heavy atom. The molecule has 0 unspecified atom stereocenters. The van der Waals surface area contributed by atoms with Crippen molar-refractivity contribution in [3.63, 3.8) is 0 Å². The molecule has 0 aromatic heterocycles. The Labute approximate surface area is 149 Å². The topological polar surface area (TPSA) is 23.6 Å². The average Bonchev–Trinajstić information content (AvgIpc) is 2.50. The van der Waals surface area contributed by atoms with Crippen LogP contribution in [0.4, 0.5) is 8.78 Å². The number of carbonyl (C=O) groups excluding carboxylic acids is 1. The molecular weight excluding hydrogens is 378 g/mol. The first kappa shape index (κ1) is 18.5. The van der Waals surface area contributed by atoms with E-state index in [0.717, 1.165) is 0 Å². The van der Waals surface area contributed by atoms with Crippen molar-refractivity contribution in [2.45, 2.75) is 6.54 Å². The summed E-state index contributed by atoms with van der Waals surface area (Å²) in [5.41, 5.74) is 1.09. The Hall–Kier alpha value is -1.79. The second-order valence-electron chi connectivity index (χ2n) is 5.78. The molecule has 0 saturated heterocycles. The number of hydrogen-bond donors (Lipinski definition) is 0. The molecule has 1 amide bonds. The minimum Gasteiger partial charge on any atom is -0.333 e. The minimum absolute atomic E-state index is 0.229. The largest absolute Gasteiger partial charge is 0.333 e. The normalized spacial score (nSPS) is 10.9. The number of hydrogen-bond acceptors (Lipinski definition) is 2. The van der Waals surface area contributed by atoms with Gasteiger partial charge in [-0.3, -0.25) is 4.79 Å². The molecule has 2 aromatic carbocycles. The summed E-state index contributed by atoms with van der Waals surface area (Å²) in [7, 11) is 3.83. The van der Waals surface area contributed by atoms with E-state index in [0.29, 0.717) is 28.7 Å². The van der Waals surface area contributed by atoms with Crippen LogP contribution in [0.2, 0.25) is 0 Å². The molecule has 0 aliphatic carbocycles. The third-order valence-electron chi connectivity index (χ3n) is 3.53. The molecule has 0 aliphatic rings. The van der Waals surface area contributed by atoms with Gasteiger partial charge in [-0.25, -0.2) is 8.78 Å². The van der Waals surface area contributed by atoms with Crippen LogP contribution in [-0.4, -0.2) is 42.9 Å². The van der Waals surface area contributed by atoms with Crippen LogP contribution in [-0.2, 0) is 6.54 Å². The van der Waals surface area contributed by atoms with Crippen molar-refractivity contribution >= 4 is 21.8 Å². The van der Waals surface area contributed by atoms with Gasteiger partial charge in [0, 0.05) is 24.1 Å². The second-order valence-corrected chi connectivity index (χ2v) is 6.64. The lowest BCUT2D eigenvalue weighted by atomic mass is 10.1. The Kier molecular flexibility index (Phi) is 6.45. The molecule has 0 atom stereocenters. The molecule has 2 rings (SSSR count). The molecular formula is C18H19BrF2N2O. The number of halogens is 3. The molecule has 0 heterocycles. The molecule has 24 heavy (non-hydrogen) atoms. The zero-order chi connectivity index (χ0) is 17.7. The van der Waals surface area contributed by atoms with E-state index >= 15 is 0 Å². The molecule has 0 spiro atoms. The van der Waals surface area contributed by atoms with Crippen molar-refractivity contribution in [1.82, 2.24) is 9.80 Å². The van der Waals surface area contributed by atoms with E-state index in [-0.39, 0.29) is 18.3 Å². The highest BCUT2D eigenvalue weighted by Gasteiger charge is 2.19. The number of nitrogens with zero attached hydrogens (tertiary/aromatic N) is 2. The third kappa shape index (κ3) is 5.11. The summed E-state index contributed by atoms with van der Waals surface area (Å²) in [4.78, 5) is 16.4. The van der Waals surface area contributed by atoms with E-state index in [1.807, 2.05) is 19.0 Å². The fourth-order valence-electron chi connectivity index (χ4n) is 2.26. The smallest absolute Gasteiger partial charge is 0.255 e. The van der Waals surface area contributed by atoms with E-state index in [4.69, 9.17) is 0 Å². The van der Waals surface area contributed by atoms with E-state index in [1.165, 1.54) is 30.3 Å². The molecule has 0 radical (unpaired) electrons. The molecule has 128 valence electrons. The number of benzene rings is 2. The molecule has 0 fully saturated rings. The van der Waals surface area contributed by atoms with E-state index in [1.54, 1.807) is 17.0 Å². The number of rotatable bonds is 6. The van der Waals surface area contributed by atoms with Gasteiger partial charge in [0.25, 0.3) is 5.91 Å². The van der Waals surface area contributed by atoms with Crippen LogP contribution in [0.1, 0.15) is 15.9 Å². The maximum atomic E-state index is 13.4. The van der Waals surface area contributed by atoms with Gasteiger partial charge in [0.05, 0.1) is 5.56 Å². The highest BCUT2D eigenvalue weighted by Crippen LogP contribution is 2.21.